The second-order valence-corrected chi connectivity index (χ2v) is 13.7. The second kappa shape index (κ2) is 6.65. The van der Waals surface area contributed by atoms with Gasteiger partial charge in [0, 0.05) is 24.8 Å². The SMILES string of the molecule is CC(C)(C)[Si](C)(C)O[C@H]1C[C@H](n2ccc3c(Cl)ncnc32)C[C@H]1CO. The minimum Gasteiger partial charge on any atom is -0.413 e. The smallest absolute Gasteiger partial charge is 0.192 e. The van der Waals surface area contributed by atoms with Gasteiger partial charge in [0.15, 0.2) is 8.32 Å². The average Bonchev–Trinajstić information content (AvgIpc) is 3.10. The Morgan fingerprint density at radius 1 is 1.32 bits per heavy atom. The van der Waals surface area contributed by atoms with Crippen LogP contribution in [0.15, 0.2) is 18.6 Å². The molecule has 1 N–H and O–H groups in total. The van der Waals surface area contributed by atoms with Crippen LogP contribution in [0.25, 0.3) is 11.0 Å². The second-order valence-electron chi connectivity index (χ2n) is 8.61. The van der Waals surface area contributed by atoms with Gasteiger partial charge < -0.3 is 14.1 Å². The number of halogens is 1. The van der Waals surface area contributed by atoms with Crippen LogP contribution in [0.2, 0.25) is 23.3 Å². The molecule has 0 saturated heterocycles. The minimum atomic E-state index is -1.87. The van der Waals surface area contributed by atoms with Gasteiger partial charge in [-0.25, -0.2) is 9.97 Å². The van der Waals surface area contributed by atoms with E-state index in [4.69, 9.17) is 16.0 Å². The standard InChI is InChI=1S/C18H28ClN3O2Si/c1-18(2,3)25(4,5)24-15-9-13(8-12(15)10-23)22-7-6-14-16(19)20-11-21-17(14)22/h6-7,11-13,15,23H,8-10H2,1-5H3/t12-,13+,15-/m0/s1. The molecule has 1 aliphatic carbocycles. The lowest BCUT2D eigenvalue weighted by molar-refractivity contribution is 0.0979. The molecule has 1 saturated carbocycles. The van der Waals surface area contributed by atoms with Crippen LogP contribution in [0.3, 0.4) is 0 Å². The summed E-state index contributed by atoms with van der Waals surface area (Å²) in [5.41, 5.74) is 0.856. The van der Waals surface area contributed by atoms with Gasteiger partial charge in [0.2, 0.25) is 0 Å². The topological polar surface area (TPSA) is 60.2 Å². The number of hydrogen-bond donors (Lipinski definition) is 1. The number of fused-ring (bicyclic) bond motifs is 1. The number of aliphatic hydroxyl groups excluding tert-OH is 1. The van der Waals surface area contributed by atoms with Crippen molar-refractivity contribution < 1.29 is 9.53 Å². The molecule has 3 rings (SSSR count). The highest BCUT2D eigenvalue weighted by molar-refractivity contribution is 6.74. The van der Waals surface area contributed by atoms with Crippen molar-refractivity contribution in [3.8, 4) is 0 Å². The van der Waals surface area contributed by atoms with Crippen molar-refractivity contribution in [3.05, 3.63) is 23.7 Å². The first-order chi connectivity index (χ1) is 11.6. The number of aromatic nitrogens is 3. The molecule has 2 aromatic rings. The molecule has 0 aromatic carbocycles. The third kappa shape index (κ3) is 3.49. The van der Waals surface area contributed by atoms with E-state index in [1.54, 1.807) is 0 Å². The molecule has 1 aliphatic rings. The van der Waals surface area contributed by atoms with E-state index in [1.165, 1.54) is 6.33 Å². The summed E-state index contributed by atoms with van der Waals surface area (Å²) in [6, 6.07) is 2.23. The molecule has 0 bridgehead atoms. The summed E-state index contributed by atoms with van der Waals surface area (Å²) in [6.07, 6.45) is 5.40. The van der Waals surface area contributed by atoms with Gasteiger partial charge in [-0.3, -0.25) is 0 Å². The van der Waals surface area contributed by atoms with E-state index in [-0.39, 0.29) is 29.7 Å². The summed E-state index contributed by atoms with van der Waals surface area (Å²) in [5.74, 6) is 0.161. The van der Waals surface area contributed by atoms with Gasteiger partial charge in [0.05, 0.1) is 11.5 Å². The Kier molecular flexibility index (Phi) is 5.01. The molecule has 0 radical (unpaired) electrons. The molecule has 5 nitrogen and oxygen atoms in total. The Hall–Kier alpha value is -0.953. The lowest BCUT2D eigenvalue weighted by Crippen LogP contribution is -2.45. The maximum atomic E-state index is 9.89. The highest BCUT2D eigenvalue weighted by Crippen LogP contribution is 2.44. The van der Waals surface area contributed by atoms with E-state index < -0.39 is 8.32 Å². The van der Waals surface area contributed by atoms with Crippen LogP contribution in [0.1, 0.15) is 39.7 Å². The molecule has 0 spiro atoms. The Balaban J connectivity index is 1.85. The van der Waals surface area contributed by atoms with E-state index in [9.17, 15) is 5.11 Å². The molecule has 7 heteroatoms. The first-order valence-electron chi connectivity index (χ1n) is 8.90. The lowest BCUT2D eigenvalue weighted by Gasteiger charge is -2.39. The monoisotopic (exact) mass is 381 g/mol. The molecule has 3 atom stereocenters. The van der Waals surface area contributed by atoms with Crippen LogP contribution in [0, 0.1) is 5.92 Å². The molecular formula is C18H28ClN3O2Si. The van der Waals surface area contributed by atoms with Crippen LogP contribution in [-0.4, -0.2) is 40.7 Å². The van der Waals surface area contributed by atoms with E-state index >= 15 is 0 Å². The van der Waals surface area contributed by atoms with E-state index in [0.717, 1.165) is 23.9 Å². The van der Waals surface area contributed by atoms with Crippen molar-refractivity contribution in [2.45, 2.75) is 63.9 Å². The molecule has 2 heterocycles. The quantitative estimate of drug-likeness (QED) is 0.629. The molecule has 0 amide bonds. The highest BCUT2D eigenvalue weighted by Gasteiger charge is 2.44. The van der Waals surface area contributed by atoms with Crippen molar-refractivity contribution in [2.24, 2.45) is 5.92 Å². The Labute approximate surface area is 155 Å². The van der Waals surface area contributed by atoms with Crippen LogP contribution in [0.4, 0.5) is 0 Å². The van der Waals surface area contributed by atoms with Crippen molar-refractivity contribution in [1.82, 2.24) is 14.5 Å². The lowest BCUT2D eigenvalue weighted by atomic mass is 10.1. The molecule has 0 unspecified atom stereocenters. The van der Waals surface area contributed by atoms with Crippen molar-refractivity contribution >= 4 is 31.0 Å². The molecular weight excluding hydrogens is 354 g/mol. The zero-order chi connectivity index (χ0) is 18.4. The predicted octanol–water partition coefficient (Wildman–Crippen LogP) is 4.42. The molecule has 0 aliphatic heterocycles. The van der Waals surface area contributed by atoms with Gasteiger partial charge in [-0.2, -0.15) is 0 Å². The van der Waals surface area contributed by atoms with Gasteiger partial charge >= 0.3 is 0 Å². The predicted molar refractivity (Wildman–Crippen MR) is 103 cm³/mol. The summed E-state index contributed by atoms with van der Waals surface area (Å²) < 4.78 is 8.80. The fourth-order valence-corrected chi connectivity index (χ4v) is 5.00. The largest absolute Gasteiger partial charge is 0.413 e. The number of rotatable bonds is 4. The fourth-order valence-electron chi connectivity index (χ4n) is 3.41. The van der Waals surface area contributed by atoms with Crippen molar-refractivity contribution in [1.29, 1.82) is 0 Å². The first kappa shape index (κ1) is 18.8. The molecule has 2 aromatic heterocycles. The van der Waals surface area contributed by atoms with Gasteiger partial charge in [-0.05, 0) is 37.0 Å². The van der Waals surface area contributed by atoms with Crippen molar-refractivity contribution in [3.63, 3.8) is 0 Å². The zero-order valence-corrected chi connectivity index (χ0v) is 17.4. The van der Waals surface area contributed by atoms with Gasteiger partial charge in [-0.15, -0.1) is 0 Å². The average molecular weight is 382 g/mol. The summed E-state index contributed by atoms with van der Waals surface area (Å²) in [5, 5.41) is 11.4. The van der Waals surface area contributed by atoms with Gasteiger partial charge in [0.25, 0.3) is 0 Å². The molecule has 25 heavy (non-hydrogen) atoms. The molecule has 138 valence electrons. The summed E-state index contributed by atoms with van der Waals surface area (Å²) in [6.45, 7) is 11.4. The third-order valence-corrected chi connectivity index (χ3v) is 10.8. The number of nitrogens with zero attached hydrogens (tertiary/aromatic N) is 3. The van der Waals surface area contributed by atoms with Crippen LogP contribution in [-0.2, 0) is 4.43 Å². The van der Waals surface area contributed by atoms with Crippen LogP contribution in [0.5, 0.6) is 0 Å². The van der Waals surface area contributed by atoms with Crippen molar-refractivity contribution in [2.75, 3.05) is 6.61 Å². The summed E-state index contributed by atoms with van der Waals surface area (Å²) >= 11 is 6.18. The van der Waals surface area contributed by atoms with E-state index in [1.807, 2.05) is 12.3 Å². The molecule has 1 fully saturated rings. The van der Waals surface area contributed by atoms with Crippen LogP contribution < -0.4 is 0 Å². The third-order valence-electron chi connectivity index (χ3n) is 5.95. The Morgan fingerprint density at radius 3 is 2.68 bits per heavy atom. The first-order valence-corrected chi connectivity index (χ1v) is 12.2. The van der Waals surface area contributed by atoms with Gasteiger partial charge in [0.1, 0.15) is 17.1 Å². The fraction of sp³-hybridized carbons (Fsp3) is 0.667. The summed E-state index contributed by atoms with van der Waals surface area (Å²) in [4.78, 5) is 8.46. The van der Waals surface area contributed by atoms with E-state index in [0.29, 0.717) is 5.15 Å². The minimum absolute atomic E-state index is 0.0886. The normalized spacial score (nSPS) is 25.0. The number of hydrogen-bond acceptors (Lipinski definition) is 4. The Morgan fingerprint density at radius 2 is 2.04 bits per heavy atom. The zero-order valence-electron chi connectivity index (χ0n) is 15.7. The maximum Gasteiger partial charge on any atom is 0.192 e. The van der Waals surface area contributed by atoms with Crippen LogP contribution >= 0.6 is 11.6 Å². The van der Waals surface area contributed by atoms with E-state index in [2.05, 4.69) is 48.4 Å². The maximum absolute atomic E-state index is 9.89. The summed E-state index contributed by atoms with van der Waals surface area (Å²) in [7, 11) is -1.87. The highest BCUT2D eigenvalue weighted by atomic mass is 35.5. The number of aliphatic hydroxyl groups is 1. The Bertz CT molecular complexity index is 756. The van der Waals surface area contributed by atoms with Gasteiger partial charge in [-0.1, -0.05) is 32.4 Å².